The first-order valence-corrected chi connectivity index (χ1v) is 8.78. The molecular formula is C21H14F2N6O. The number of nitrogens with zero attached hydrogens (tertiary/aromatic N) is 4. The Bertz CT molecular complexity index is 1300. The fourth-order valence-corrected chi connectivity index (χ4v) is 3.08. The number of pyridine rings is 1. The Kier molecular flexibility index (Phi) is 4.82. The van der Waals surface area contributed by atoms with Gasteiger partial charge in [0.15, 0.2) is 5.69 Å². The average molecular weight is 404 g/mol. The van der Waals surface area contributed by atoms with Gasteiger partial charge in [-0.1, -0.05) is 6.07 Å². The van der Waals surface area contributed by atoms with E-state index in [9.17, 15) is 13.6 Å². The van der Waals surface area contributed by atoms with Crippen molar-refractivity contribution in [1.29, 1.82) is 0 Å². The minimum Gasteiger partial charge on any atom is -0.380 e. The molecule has 30 heavy (non-hydrogen) atoms. The minimum atomic E-state index is -0.701. The highest BCUT2D eigenvalue weighted by atomic mass is 19.1. The number of amides is 1. The largest absolute Gasteiger partial charge is 0.380 e. The summed E-state index contributed by atoms with van der Waals surface area (Å²) in [5, 5.41) is 2.98. The summed E-state index contributed by atoms with van der Waals surface area (Å²) in [5.74, 6) is -1.67. The Morgan fingerprint density at radius 1 is 1.13 bits per heavy atom. The molecular weight excluding hydrogens is 390 g/mol. The number of nitrogens with two attached hydrogens (primary N) is 1. The smallest absolute Gasteiger partial charge is 0.252 e. The molecule has 0 fully saturated rings. The van der Waals surface area contributed by atoms with E-state index >= 15 is 0 Å². The van der Waals surface area contributed by atoms with E-state index in [1.54, 1.807) is 35.2 Å². The summed E-state index contributed by atoms with van der Waals surface area (Å²) < 4.78 is 28.5. The number of nitrogens with one attached hydrogen (secondary N) is 1. The molecule has 9 heteroatoms. The number of benzene rings is 2. The molecule has 7 nitrogen and oxygen atoms in total. The lowest BCUT2D eigenvalue weighted by Gasteiger charge is -2.13. The summed E-state index contributed by atoms with van der Waals surface area (Å²) in [4.78, 5) is 23.8. The third kappa shape index (κ3) is 3.66. The predicted molar refractivity (Wildman–Crippen MR) is 107 cm³/mol. The lowest BCUT2D eigenvalue weighted by molar-refractivity contribution is 0.100. The van der Waals surface area contributed by atoms with Crippen molar-refractivity contribution >= 4 is 28.3 Å². The van der Waals surface area contributed by atoms with Gasteiger partial charge in [0.1, 0.15) is 23.8 Å². The van der Waals surface area contributed by atoms with Gasteiger partial charge in [0.25, 0.3) is 5.91 Å². The van der Waals surface area contributed by atoms with Crippen molar-refractivity contribution in [1.82, 2.24) is 14.5 Å². The van der Waals surface area contributed by atoms with Gasteiger partial charge in [0.05, 0.1) is 28.9 Å². The summed E-state index contributed by atoms with van der Waals surface area (Å²) in [6, 6.07) is 9.83. The summed E-state index contributed by atoms with van der Waals surface area (Å²) in [5.41, 5.74) is 8.06. The van der Waals surface area contributed by atoms with Crippen LogP contribution in [0.5, 0.6) is 0 Å². The Morgan fingerprint density at radius 2 is 1.90 bits per heavy atom. The average Bonchev–Trinajstić information content (AvgIpc) is 3.14. The van der Waals surface area contributed by atoms with Crippen LogP contribution >= 0.6 is 0 Å². The zero-order valence-electron chi connectivity index (χ0n) is 15.4. The normalized spacial score (nSPS) is 10.7. The number of carbonyl (C=O) groups excluding carboxylic acids is 1. The van der Waals surface area contributed by atoms with Crippen LogP contribution in [-0.4, -0.2) is 20.4 Å². The van der Waals surface area contributed by atoms with Gasteiger partial charge in [-0.2, -0.15) is 0 Å². The first kappa shape index (κ1) is 19.0. The van der Waals surface area contributed by atoms with Crippen LogP contribution in [0, 0.1) is 18.2 Å². The molecule has 0 aliphatic carbocycles. The quantitative estimate of drug-likeness (QED) is 0.493. The van der Waals surface area contributed by atoms with Crippen LogP contribution < -0.4 is 11.1 Å². The monoisotopic (exact) mass is 404 g/mol. The molecule has 2 aromatic carbocycles. The van der Waals surface area contributed by atoms with E-state index in [1.165, 1.54) is 18.3 Å². The number of carbonyl (C=O) groups is 1. The number of rotatable bonds is 5. The van der Waals surface area contributed by atoms with E-state index in [0.717, 1.165) is 6.07 Å². The topological polar surface area (TPSA) is 90.2 Å². The van der Waals surface area contributed by atoms with Crippen molar-refractivity contribution in [2.75, 3.05) is 5.32 Å². The molecule has 0 spiro atoms. The molecule has 4 rings (SSSR count). The SMILES string of the molecule is [C-]#[N+]c1ccc2ncn(-c3cc(NCc4cc(F)cc(F)c4)c(C(N)=O)cn3)c2c1. The molecule has 0 unspecified atom stereocenters. The molecule has 3 N–H and O–H groups in total. The first-order chi connectivity index (χ1) is 14.4. The molecule has 2 heterocycles. The van der Waals surface area contributed by atoms with Crippen LogP contribution in [0.1, 0.15) is 15.9 Å². The van der Waals surface area contributed by atoms with Crippen molar-refractivity contribution in [3.05, 3.63) is 89.2 Å². The van der Waals surface area contributed by atoms with Gasteiger partial charge in [-0.15, -0.1) is 0 Å². The van der Waals surface area contributed by atoms with E-state index in [0.29, 0.717) is 33.8 Å². The minimum absolute atomic E-state index is 0.0605. The molecule has 0 aliphatic heterocycles. The lowest BCUT2D eigenvalue weighted by Crippen LogP contribution is -2.16. The van der Waals surface area contributed by atoms with Crippen LogP contribution in [0.4, 0.5) is 20.2 Å². The Hall–Kier alpha value is -4.32. The molecule has 0 atom stereocenters. The first-order valence-electron chi connectivity index (χ1n) is 8.78. The van der Waals surface area contributed by atoms with E-state index < -0.39 is 17.5 Å². The van der Waals surface area contributed by atoms with Gasteiger partial charge < -0.3 is 11.1 Å². The number of anilines is 1. The molecule has 0 radical (unpaired) electrons. The molecule has 2 aromatic heterocycles. The highest BCUT2D eigenvalue weighted by Crippen LogP contribution is 2.25. The van der Waals surface area contributed by atoms with Gasteiger partial charge in [0, 0.05) is 24.9 Å². The third-order valence-electron chi connectivity index (χ3n) is 4.47. The third-order valence-corrected chi connectivity index (χ3v) is 4.47. The second kappa shape index (κ2) is 7.60. The zero-order chi connectivity index (χ0) is 21.3. The van der Waals surface area contributed by atoms with Crippen molar-refractivity contribution in [2.24, 2.45) is 5.73 Å². The maximum absolute atomic E-state index is 13.4. The van der Waals surface area contributed by atoms with Crippen molar-refractivity contribution in [3.63, 3.8) is 0 Å². The van der Waals surface area contributed by atoms with Crippen molar-refractivity contribution < 1.29 is 13.6 Å². The lowest BCUT2D eigenvalue weighted by atomic mass is 10.1. The maximum Gasteiger partial charge on any atom is 0.252 e. The number of hydrogen-bond acceptors (Lipinski definition) is 4. The second-order valence-corrected chi connectivity index (χ2v) is 6.48. The van der Waals surface area contributed by atoms with Crippen LogP contribution in [0.2, 0.25) is 0 Å². The van der Waals surface area contributed by atoms with Gasteiger partial charge in [-0.25, -0.2) is 23.6 Å². The van der Waals surface area contributed by atoms with E-state index in [4.69, 9.17) is 12.3 Å². The van der Waals surface area contributed by atoms with Gasteiger partial charge in [0.2, 0.25) is 0 Å². The Labute approximate surface area is 169 Å². The van der Waals surface area contributed by atoms with Crippen LogP contribution in [0.25, 0.3) is 21.7 Å². The zero-order valence-corrected chi connectivity index (χ0v) is 15.4. The Morgan fingerprint density at radius 3 is 2.60 bits per heavy atom. The molecule has 0 saturated heterocycles. The highest BCUT2D eigenvalue weighted by molar-refractivity contribution is 5.98. The van der Waals surface area contributed by atoms with Crippen LogP contribution in [-0.2, 0) is 6.54 Å². The van der Waals surface area contributed by atoms with Gasteiger partial charge in [-0.3, -0.25) is 9.36 Å². The number of fused-ring (bicyclic) bond motifs is 1. The summed E-state index contributed by atoms with van der Waals surface area (Å²) in [7, 11) is 0. The van der Waals surface area contributed by atoms with Crippen molar-refractivity contribution in [3.8, 4) is 5.82 Å². The van der Waals surface area contributed by atoms with E-state index in [2.05, 4.69) is 20.1 Å². The standard InChI is InChI=1S/C21H14F2N6O/c1-25-15-2-3-17-19(7-15)29(11-28-17)20-8-18(16(10-27-20)21(24)30)26-9-12-4-13(22)6-14(23)5-12/h2-8,10-11H,9H2,(H2,24,30)(H,26,27). The number of halogens is 2. The van der Waals surface area contributed by atoms with Crippen LogP contribution in [0.15, 0.2) is 55.0 Å². The van der Waals surface area contributed by atoms with Crippen molar-refractivity contribution in [2.45, 2.75) is 6.54 Å². The van der Waals surface area contributed by atoms with Crippen LogP contribution in [0.3, 0.4) is 0 Å². The number of primary amides is 1. The summed E-state index contributed by atoms with van der Waals surface area (Å²) in [6.07, 6.45) is 2.87. The fourth-order valence-electron chi connectivity index (χ4n) is 3.08. The molecule has 4 aromatic rings. The molecule has 0 saturated carbocycles. The summed E-state index contributed by atoms with van der Waals surface area (Å²) in [6.45, 7) is 7.25. The predicted octanol–water partition coefficient (Wildman–Crippen LogP) is 3.96. The van der Waals surface area contributed by atoms with E-state index in [1.807, 2.05) is 0 Å². The highest BCUT2D eigenvalue weighted by Gasteiger charge is 2.14. The molecule has 1 amide bonds. The fraction of sp³-hybridized carbons (Fsp3) is 0.0476. The number of aromatic nitrogens is 3. The second-order valence-electron chi connectivity index (χ2n) is 6.48. The molecule has 0 bridgehead atoms. The van der Waals surface area contributed by atoms with E-state index in [-0.39, 0.29) is 12.1 Å². The number of imidazole rings is 1. The van der Waals surface area contributed by atoms with Gasteiger partial charge >= 0.3 is 0 Å². The maximum atomic E-state index is 13.4. The molecule has 148 valence electrons. The molecule has 0 aliphatic rings. The number of hydrogen-bond donors (Lipinski definition) is 2. The van der Waals surface area contributed by atoms with Gasteiger partial charge in [-0.05, 0) is 29.8 Å². The summed E-state index contributed by atoms with van der Waals surface area (Å²) >= 11 is 0. The Balaban J connectivity index is 1.73.